The summed E-state index contributed by atoms with van der Waals surface area (Å²) in [5, 5.41) is 5.06. The molecule has 0 aliphatic heterocycles. The van der Waals surface area contributed by atoms with E-state index in [0.29, 0.717) is 22.6 Å². The maximum atomic E-state index is 13.1. The van der Waals surface area contributed by atoms with E-state index in [2.05, 4.69) is 60.9 Å². The predicted octanol–water partition coefficient (Wildman–Crippen LogP) is 5.68. The third-order valence-electron chi connectivity index (χ3n) is 4.81. The zero-order valence-electron chi connectivity index (χ0n) is 16.1. The first kappa shape index (κ1) is 19.5. The minimum Gasteiger partial charge on any atom is -0.267 e. The van der Waals surface area contributed by atoms with Crippen LogP contribution in [0.2, 0.25) is 0 Å². The summed E-state index contributed by atoms with van der Waals surface area (Å²) in [6.07, 6.45) is 2.61. The highest BCUT2D eigenvalue weighted by Crippen LogP contribution is 2.21. The summed E-state index contributed by atoms with van der Waals surface area (Å²) in [5.74, 6) is 1.30. The summed E-state index contributed by atoms with van der Waals surface area (Å²) in [4.78, 5) is 17.8. The molecule has 0 unspecified atom stereocenters. The van der Waals surface area contributed by atoms with Crippen molar-refractivity contribution in [3.05, 3.63) is 74.2 Å². The molecular weight excluding hydrogens is 402 g/mol. The fourth-order valence-electron chi connectivity index (χ4n) is 2.87. The monoisotopic (exact) mass is 425 g/mol. The standard InChI is InChI=1S/C22H24BrN3O/c1-5-15(4)21-25-20-11-10-18(23)12-19(20)22(27)26(21)24-13-16-6-8-17(9-7-16)14(2)3/h6-15H,5H2,1-4H3/t15-/m1/s1. The van der Waals surface area contributed by atoms with Gasteiger partial charge in [-0.25, -0.2) is 4.98 Å². The fraction of sp³-hybridized carbons (Fsp3) is 0.318. The minimum absolute atomic E-state index is 0.131. The molecule has 0 aliphatic carbocycles. The first-order valence-electron chi connectivity index (χ1n) is 9.27. The number of halogens is 1. The van der Waals surface area contributed by atoms with Crippen LogP contribution in [0.4, 0.5) is 0 Å². The van der Waals surface area contributed by atoms with E-state index >= 15 is 0 Å². The molecule has 1 atom stereocenters. The van der Waals surface area contributed by atoms with Crippen LogP contribution in [0.15, 0.2) is 56.8 Å². The Balaban J connectivity index is 2.10. The van der Waals surface area contributed by atoms with Gasteiger partial charge in [-0.2, -0.15) is 9.78 Å². The summed E-state index contributed by atoms with van der Waals surface area (Å²) >= 11 is 3.43. The maximum absolute atomic E-state index is 13.1. The van der Waals surface area contributed by atoms with Crippen molar-refractivity contribution in [1.29, 1.82) is 0 Å². The van der Waals surface area contributed by atoms with Crippen molar-refractivity contribution in [3.8, 4) is 0 Å². The molecule has 0 bridgehead atoms. The molecule has 0 N–H and O–H groups in total. The van der Waals surface area contributed by atoms with Crippen LogP contribution in [0.25, 0.3) is 10.9 Å². The van der Waals surface area contributed by atoms with Crippen molar-refractivity contribution in [1.82, 2.24) is 9.66 Å². The Morgan fingerprint density at radius 1 is 1.15 bits per heavy atom. The lowest BCUT2D eigenvalue weighted by atomic mass is 10.0. The largest absolute Gasteiger partial charge is 0.282 e. The predicted molar refractivity (Wildman–Crippen MR) is 116 cm³/mol. The second kappa shape index (κ2) is 8.17. The molecule has 1 heterocycles. The van der Waals surface area contributed by atoms with Crippen molar-refractivity contribution >= 4 is 33.0 Å². The molecule has 0 spiro atoms. The lowest BCUT2D eigenvalue weighted by Gasteiger charge is -2.14. The molecular formula is C22H24BrN3O. The van der Waals surface area contributed by atoms with E-state index in [-0.39, 0.29) is 11.5 Å². The number of benzene rings is 2. The Bertz CT molecular complexity index is 1040. The Labute approximate surface area is 168 Å². The van der Waals surface area contributed by atoms with E-state index in [9.17, 15) is 4.79 Å². The smallest absolute Gasteiger partial charge is 0.267 e. The topological polar surface area (TPSA) is 47.2 Å². The SMILES string of the molecule is CC[C@@H](C)c1nc2ccc(Br)cc2c(=O)n1N=Cc1ccc(C(C)C)cc1. The van der Waals surface area contributed by atoms with Gasteiger partial charge in [-0.15, -0.1) is 0 Å². The third kappa shape index (κ3) is 4.19. The molecule has 0 radical (unpaired) electrons. The first-order chi connectivity index (χ1) is 12.9. The van der Waals surface area contributed by atoms with Crippen LogP contribution >= 0.6 is 15.9 Å². The highest BCUT2D eigenvalue weighted by molar-refractivity contribution is 9.10. The molecule has 0 aliphatic rings. The molecule has 27 heavy (non-hydrogen) atoms. The fourth-order valence-corrected chi connectivity index (χ4v) is 3.23. The van der Waals surface area contributed by atoms with Crippen LogP contribution in [0.5, 0.6) is 0 Å². The molecule has 0 amide bonds. The number of hydrogen-bond acceptors (Lipinski definition) is 3. The molecule has 0 fully saturated rings. The Kier molecular flexibility index (Phi) is 5.90. The van der Waals surface area contributed by atoms with Gasteiger partial charge in [0.1, 0.15) is 5.82 Å². The first-order valence-corrected chi connectivity index (χ1v) is 10.1. The van der Waals surface area contributed by atoms with Gasteiger partial charge >= 0.3 is 0 Å². The molecule has 0 saturated carbocycles. The van der Waals surface area contributed by atoms with Crippen LogP contribution in [0.1, 0.15) is 62.9 Å². The van der Waals surface area contributed by atoms with E-state index in [1.165, 1.54) is 10.2 Å². The average molecular weight is 426 g/mol. The highest BCUT2D eigenvalue weighted by Gasteiger charge is 2.15. The van der Waals surface area contributed by atoms with Gasteiger partial charge in [-0.3, -0.25) is 4.79 Å². The molecule has 1 aromatic heterocycles. The zero-order chi connectivity index (χ0) is 19.6. The molecule has 3 aromatic rings. The van der Waals surface area contributed by atoms with Crippen LogP contribution < -0.4 is 5.56 Å². The van der Waals surface area contributed by atoms with E-state index in [1.54, 1.807) is 12.3 Å². The molecule has 2 aromatic carbocycles. The lowest BCUT2D eigenvalue weighted by molar-refractivity contribution is 0.613. The number of fused-ring (bicyclic) bond motifs is 1. The van der Waals surface area contributed by atoms with Gasteiger partial charge in [-0.1, -0.05) is 67.9 Å². The molecule has 0 saturated heterocycles. The van der Waals surface area contributed by atoms with Gasteiger partial charge in [0.25, 0.3) is 5.56 Å². The van der Waals surface area contributed by atoms with Crippen molar-refractivity contribution in [2.45, 2.75) is 46.0 Å². The summed E-state index contributed by atoms with van der Waals surface area (Å²) < 4.78 is 2.30. The molecule has 4 nitrogen and oxygen atoms in total. The minimum atomic E-state index is -0.147. The quantitative estimate of drug-likeness (QED) is 0.493. The number of aromatic nitrogens is 2. The molecule has 140 valence electrons. The van der Waals surface area contributed by atoms with Crippen molar-refractivity contribution in [3.63, 3.8) is 0 Å². The maximum Gasteiger partial charge on any atom is 0.282 e. The number of nitrogens with zero attached hydrogens (tertiary/aromatic N) is 3. The van der Waals surface area contributed by atoms with E-state index in [1.807, 2.05) is 24.3 Å². The summed E-state index contributed by atoms with van der Waals surface area (Å²) in [5.41, 5.74) is 2.79. The van der Waals surface area contributed by atoms with E-state index in [0.717, 1.165) is 16.5 Å². The van der Waals surface area contributed by atoms with E-state index in [4.69, 9.17) is 4.98 Å². The highest BCUT2D eigenvalue weighted by atomic mass is 79.9. The summed E-state index contributed by atoms with van der Waals surface area (Å²) in [6, 6.07) is 13.8. The summed E-state index contributed by atoms with van der Waals surface area (Å²) in [6.45, 7) is 8.48. The average Bonchev–Trinajstić information content (AvgIpc) is 2.67. The second-order valence-corrected chi connectivity index (χ2v) is 8.04. The number of rotatable bonds is 5. The number of hydrogen-bond donors (Lipinski definition) is 0. The van der Waals surface area contributed by atoms with Crippen LogP contribution in [0.3, 0.4) is 0 Å². The van der Waals surface area contributed by atoms with Crippen LogP contribution in [-0.4, -0.2) is 15.9 Å². The second-order valence-electron chi connectivity index (χ2n) is 7.12. The van der Waals surface area contributed by atoms with Crippen molar-refractivity contribution in [2.24, 2.45) is 5.10 Å². The van der Waals surface area contributed by atoms with Gasteiger partial charge in [0, 0.05) is 10.4 Å². The van der Waals surface area contributed by atoms with Crippen LogP contribution in [0, 0.1) is 0 Å². The van der Waals surface area contributed by atoms with Gasteiger partial charge < -0.3 is 0 Å². The third-order valence-corrected chi connectivity index (χ3v) is 5.31. The molecule has 3 rings (SSSR count). The Morgan fingerprint density at radius 3 is 2.48 bits per heavy atom. The molecule has 5 heteroatoms. The Morgan fingerprint density at radius 2 is 1.85 bits per heavy atom. The Hall–Kier alpha value is -2.27. The van der Waals surface area contributed by atoms with Crippen LogP contribution in [-0.2, 0) is 0 Å². The van der Waals surface area contributed by atoms with Gasteiger partial charge in [0.05, 0.1) is 17.1 Å². The van der Waals surface area contributed by atoms with Gasteiger partial charge in [-0.05, 0) is 41.7 Å². The van der Waals surface area contributed by atoms with Gasteiger partial charge in [0.2, 0.25) is 0 Å². The van der Waals surface area contributed by atoms with Crippen molar-refractivity contribution in [2.75, 3.05) is 0 Å². The normalized spacial score (nSPS) is 13.0. The van der Waals surface area contributed by atoms with Gasteiger partial charge in [0.15, 0.2) is 0 Å². The van der Waals surface area contributed by atoms with Crippen molar-refractivity contribution < 1.29 is 0 Å². The van der Waals surface area contributed by atoms with E-state index < -0.39 is 0 Å². The zero-order valence-corrected chi connectivity index (χ0v) is 17.7. The summed E-state index contributed by atoms with van der Waals surface area (Å²) in [7, 11) is 0. The lowest BCUT2D eigenvalue weighted by Crippen LogP contribution is -2.23.